The Kier molecular flexibility index (Phi) is 6.74. The highest BCUT2D eigenvalue weighted by Crippen LogP contribution is 2.35. The second-order valence-electron chi connectivity index (χ2n) is 6.91. The van der Waals surface area contributed by atoms with Crippen molar-refractivity contribution in [1.82, 2.24) is 0 Å². The summed E-state index contributed by atoms with van der Waals surface area (Å²) in [5.41, 5.74) is 0. The smallest absolute Gasteiger partial charge is 0.462 e. The number of ether oxygens (including phenoxy) is 2. The normalized spacial score (nSPS) is 32.6. The van der Waals surface area contributed by atoms with Crippen LogP contribution in [0.5, 0.6) is 0 Å². The minimum Gasteiger partial charge on any atom is -0.462 e. The lowest BCUT2D eigenvalue weighted by Gasteiger charge is -2.31. The first-order chi connectivity index (χ1) is 10.9. The molecule has 23 heavy (non-hydrogen) atoms. The summed E-state index contributed by atoms with van der Waals surface area (Å²) >= 11 is 0. The van der Waals surface area contributed by atoms with Crippen molar-refractivity contribution in [3.05, 3.63) is 0 Å². The van der Waals surface area contributed by atoms with Crippen LogP contribution in [-0.4, -0.2) is 24.5 Å². The van der Waals surface area contributed by atoms with E-state index in [-0.39, 0.29) is 18.0 Å². The maximum absolute atomic E-state index is 12.2. The number of carbonyl (C=O) groups excluding carboxylic acids is 1. The Labute approximate surface area is 135 Å². The molecule has 1 heterocycles. The molecule has 1 saturated heterocycles. The van der Waals surface area contributed by atoms with Crippen molar-refractivity contribution in [2.24, 2.45) is 11.8 Å². The average Bonchev–Trinajstić information content (AvgIpc) is 2.47. The Morgan fingerprint density at radius 2 is 1.74 bits per heavy atom. The Morgan fingerprint density at radius 1 is 1.04 bits per heavy atom. The quantitative estimate of drug-likeness (QED) is 0.642. The second-order valence-corrected chi connectivity index (χ2v) is 6.91. The lowest BCUT2D eigenvalue weighted by atomic mass is 9.81. The Balaban J connectivity index is 1.65. The molecule has 0 aromatic rings. The number of halogens is 3. The molecular weight excluding hydrogens is 309 g/mol. The summed E-state index contributed by atoms with van der Waals surface area (Å²) in [6.45, 7) is 2.08. The molecule has 0 bridgehead atoms. The predicted molar refractivity (Wildman–Crippen MR) is 79.6 cm³/mol. The second kappa shape index (κ2) is 8.36. The number of hydrogen-bond donors (Lipinski definition) is 0. The highest BCUT2D eigenvalue weighted by Gasteiger charge is 2.36. The number of cyclic esters (lactones) is 1. The molecule has 0 radical (unpaired) electrons. The lowest BCUT2D eigenvalue weighted by molar-refractivity contribution is -0.345. The molecule has 2 unspecified atom stereocenters. The monoisotopic (exact) mass is 336 g/mol. The van der Waals surface area contributed by atoms with Crippen molar-refractivity contribution in [1.29, 1.82) is 0 Å². The zero-order chi connectivity index (χ0) is 16.9. The number of alkyl halides is 3. The van der Waals surface area contributed by atoms with Gasteiger partial charge in [0.25, 0.3) is 0 Å². The van der Waals surface area contributed by atoms with Crippen molar-refractivity contribution < 1.29 is 27.4 Å². The van der Waals surface area contributed by atoms with E-state index >= 15 is 0 Å². The van der Waals surface area contributed by atoms with Crippen molar-refractivity contribution in [2.45, 2.75) is 89.7 Å². The van der Waals surface area contributed by atoms with Crippen LogP contribution in [0.25, 0.3) is 0 Å². The third-order valence-electron chi connectivity index (χ3n) is 5.08. The van der Waals surface area contributed by atoms with Crippen LogP contribution >= 0.6 is 0 Å². The van der Waals surface area contributed by atoms with Crippen molar-refractivity contribution in [3.63, 3.8) is 0 Å². The van der Waals surface area contributed by atoms with E-state index in [2.05, 4.69) is 11.7 Å². The van der Waals surface area contributed by atoms with Crippen LogP contribution in [0.15, 0.2) is 0 Å². The van der Waals surface area contributed by atoms with E-state index in [1.54, 1.807) is 0 Å². The predicted octanol–water partition coefficient (Wildman–Crippen LogP) is 4.98. The van der Waals surface area contributed by atoms with Gasteiger partial charge in [0.1, 0.15) is 6.10 Å². The average molecular weight is 336 g/mol. The van der Waals surface area contributed by atoms with Crippen LogP contribution in [0, 0.1) is 11.8 Å². The van der Waals surface area contributed by atoms with Gasteiger partial charge in [-0.3, -0.25) is 9.53 Å². The molecule has 2 rings (SSSR count). The molecule has 3 nitrogen and oxygen atoms in total. The molecule has 1 aliphatic carbocycles. The summed E-state index contributed by atoms with van der Waals surface area (Å²) in [4.78, 5) is 12.0. The minimum absolute atomic E-state index is 0.0211. The maximum atomic E-state index is 12.2. The Bertz CT molecular complexity index is 376. The number of esters is 1. The molecule has 2 atom stereocenters. The molecule has 134 valence electrons. The molecule has 1 aliphatic heterocycles. The molecule has 0 amide bonds. The van der Waals surface area contributed by atoms with Crippen LogP contribution in [0.1, 0.15) is 71.1 Å². The lowest BCUT2D eigenvalue weighted by Crippen LogP contribution is -2.32. The number of hydrogen-bond acceptors (Lipinski definition) is 3. The first kappa shape index (κ1) is 18.6. The number of carbonyl (C=O) groups is 1. The van der Waals surface area contributed by atoms with Crippen LogP contribution in [0.2, 0.25) is 0 Å². The van der Waals surface area contributed by atoms with Crippen molar-refractivity contribution in [2.75, 3.05) is 0 Å². The topological polar surface area (TPSA) is 35.5 Å². The summed E-state index contributed by atoms with van der Waals surface area (Å²) in [7, 11) is 0. The van der Waals surface area contributed by atoms with Gasteiger partial charge >= 0.3 is 12.3 Å². The fourth-order valence-electron chi connectivity index (χ4n) is 3.78. The van der Waals surface area contributed by atoms with Crippen molar-refractivity contribution >= 4 is 5.97 Å². The third-order valence-corrected chi connectivity index (χ3v) is 5.08. The third kappa shape index (κ3) is 6.32. The maximum Gasteiger partial charge on any atom is 0.522 e. The molecule has 0 aromatic heterocycles. The van der Waals surface area contributed by atoms with Crippen molar-refractivity contribution in [3.8, 4) is 0 Å². The van der Waals surface area contributed by atoms with Gasteiger partial charge in [0, 0.05) is 0 Å². The van der Waals surface area contributed by atoms with Crippen LogP contribution < -0.4 is 0 Å². The van der Waals surface area contributed by atoms with Gasteiger partial charge in [0.15, 0.2) is 0 Å². The molecule has 0 spiro atoms. The molecule has 1 saturated carbocycles. The van der Waals surface area contributed by atoms with E-state index < -0.39 is 12.5 Å². The Morgan fingerprint density at radius 3 is 2.30 bits per heavy atom. The highest BCUT2D eigenvalue weighted by molar-refractivity contribution is 5.73. The SMILES string of the molecule is CCCC1CCC(CCC2CCC(OC(F)(F)F)CC2)C(=O)O1. The van der Waals surface area contributed by atoms with Gasteiger partial charge in [0.05, 0.1) is 12.0 Å². The molecule has 2 fully saturated rings. The van der Waals surface area contributed by atoms with Gasteiger partial charge in [-0.1, -0.05) is 13.3 Å². The molecule has 0 aromatic carbocycles. The summed E-state index contributed by atoms with van der Waals surface area (Å²) in [6.07, 6.45) is 2.75. The highest BCUT2D eigenvalue weighted by atomic mass is 19.4. The van der Waals surface area contributed by atoms with E-state index in [1.165, 1.54) is 0 Å². The van der Waals surface area contributed by atoms with Crippen LogP contribution in [0.3, 0.4) is 0 Å². The van der Waals surface area contributed by atoms with Gasteiger partial charge in [-0.25, -0.2) is 0 Å². The van der Waals surface area contributed by atoms with Gasteiger partial charge in [0.2, 0.25) is 0 Å². The van der Waals surface area contributed by atoms with E-state index in [9.17, 15) is 18.0 Å². The van der Waals surface area contributed by atoms with E-state index in [0.29, 0.717) is 18.8 Å². The first-order valence-corrected chi connectivity index (χ1v) is 8.82. The first-order valence-electron chi connectivity index (χ1n) is 8.82. The summed E-state index contributed by atoms with van der Waals surface area (Å²) in [6, 6.07) is 0. The van der Waals surface area contributed by atoms with Gasteiger partial charge in [-0.05, 0) is 63.7 Å². The minimum atomic E-state index is -4.53. The summed E-state index contributed by atoms with van der Waals surface area (Å²) in [5, 5.41) is 0. The van der Waals surface area contributed by atoms with Crippen LogP contribution in [0.4, 0.5) is 13.2 Å². The zero-order valence-electron chi connectivity index (χ0n) is 13.7. The van der Waals surface area contributed by atoms with Crippen LogP contribution in [-0.2, 0) is 14.3 Å². The largest absolute Gasteiger partial charge is 0.522 e. The zero-order valence-corrected chi connectivity index (χ0v) is 13.7. The molecule has 2 aliphatic rings. The van der Waals surface area contributed by atoms with E-state index in [1.807, 2.05) is 0 Å². The fraction of sp³-hybridized carbons (Fsp3) is 0.941. The number of rotatable bonds is 6. The van der Waals surface area contributed by atoms with Gasteiger partial charge in [-0.15, -0.1) is 13.2 Å². The standard InChI is InChI=1S/C17H27F3O3/c1-2-3-14-11-8-13(16(21)22-14)7-4-12-5-9-15(10-6-12)23-17(18,19)20/h12-15H,2-11H2,1H3. The Hall–Kier alpha value is -0.780. The molecule has 6 heteroatoms. The summed E-state index contributed by atoms with van der Waals surface area (Å²) < 4.78 is 46.1. The van der Waals surface area contributed by atoms with E-state index in [4.69, 9.17) is 4.74 Å². The molecular formula is C17H27F3O3. The fourth-order valence-corrected chi connectivity index (χ4v) is 3.78. The van der Waals surface area contributed by atoms with Gasteiger partial charge in [-0.2, -0.15) is 0 Å². The summed E-state index contributed by atoms with van der Waals surface area (Å²) in [5.74, 6) is 0.306. The molecule has 0 N–H and O–H groups in total. The van der Waals surface area contributed by atoms with E-state index in [0.717, 1.165) is 51.4 Å². The van der Waals surface area contributed by atoms with Gasteiger partial charge < -0.3 is 4.74 Å².